The Hall–Kier alpha value is -0.960. The van der Waals surface area contributed by atoms with E-state index in [1.54, 1.807) is 19.1 Å². The zero-order valence-corrected chi connectivity index (χ0v) is 8.82. The van der Waals surface area contributed by atoms with Gasteiger partial charge in [0, 0.05) is 0 Å². The Balaban J connectivity index is 2.17. The highest BCUT2D eigenvalue weighted by Gasteiger charge is 2.18. The molecule has 82 valence electrons. The van der Waals surface area contributed by atoms with Gasteiger partial charge < -0.3 is 5.32 Å². The van der Waals surface area contributed by atoms with Gasteiger partial charge in [-0.1, -0.05) is 12.1 Å². The van der Waals surface area contributed by atoms with E-state index < -0.39 is 11.6 Å². The van der Waals surface area contributed by atoms with Crippen molar-refractivity contribution in [1.82, 2.24) is 5.32 Å². The molecule has 15 heavy (non-hydrogen) atoms. The zero-order valence-electron chi connectivity index (χ0n) is 8.82. The lowest BCUT2D eigenvalue weighted by Gasteiger charge is -2.10. The molecule has 1 aromatic rings. The molecule has 1 N–H and O–H groups in total. The third-order valence-corrected chi connectivity index (χ3v) is 3.03. The normalized spacial score (nSPS) is 20.9. The summed E-state index contributed by atoms with van der Waals surface area (Å²) in [5.41, 5.74) is 0.882. The molecule has 1 unspecified atom stereocenters. The van der Waals surface area contributed by atoms with E-state index in [0.29, 0.717) is 23.5 Å². The molecule has 1 fully saturated rings. The third-order valence-electron chi connectivity index (χ3n) is 3.03. The van der Waals surface area contributed by atoms with E-state index in [-0.39, 0.29) is 0 Å². The van der Waals surface area contributed by atoms with Gasteiger partial charge in [0.2, 0.25) is 0 Å². The number of hydrogen-bond acceptors (Lipinski definition) is 1. The number of benzene rings is 1. The Kier molecular flexibility index (Phi) is 3.00. The summed E-state index contributed by atoms with van der Waals surface area (Å²) in [7, 11) is 0. The van der Waals surface area contributed by atoms with Crippen molar-refractivity contribution in [3.05, 3.63) is 34.9 Å². The first-order chi connectivity index (χ1) is 7.18. The second-order valence-electron chi connectivity index (χ2n) is 4.23. The van der Waals surface area contributed by atoms with Crippen LogP contribution in [0.25, 0.3) is 0 Å². The van der Waals surface area contributed by atoms with Crippen molar-refractivity contribution in [1.29, 1.82) is 0 Å². The van der Waals surface area contributed by atoms with E-state index in [1.807, 2.05) is 0 Å². The maximum atomic E-state index is 13.5. The molecule has 1 saturated heterocycles. The van der Waals surface area contributed by atoms with E-state index >= 15 is 0 Å². The minimum Gasteiger partial charge on any atom is -0.316 e. The van der Waals surface area contributed by atoms with Crippen LogP contribution in [0.3, 0.4) is 0 Å². The number of halogens is 2. The molecule has 0 radical (unpaired) electrons. The zero-order chi connectivity index (χ0) is 10.8. The predicted molar refractivity (Wildman–Crippen MR) is 55.8 cm³/mol. The van der Waals surface area contributed by atoms with Crippen LogP contribution in [0.1, 0.15) is 17.5 Å². The molecule has 2 rings (SSSR count). The van der Waals surface area contributed by atoms with Gasteiger partial charge in [0.1, 0.15) is 0 Å². The van der Waals surface area contributed by atoms with Crippen LogP contribution in [-0.4, -0.2) is 13.1 Å². The van der Waals surface area contributed by atoms with Crippen LogP contribution in [0, 0.1) is 24.5 Å². The molecule has 0 spiro atoms. The lowest BCUT2D eigenvalue weighted by molar-refractivity contribution is 0.479. The van der Waals surface area contributed by atoms with Crippen molar-refractivity contribution in [3.8, 4) is 0 Å². The fraction of sp³-hybridized carbons (Fsp3) is 0.500. The molecule has 1 aromatic carbocycles. The van der Waals surface area contributed by atoms with Gasteiger partial charge in [-0.3, -0.25) is 0 Å². The average molecular weight is 211 g/mol. The van der Waals surface area contributed by atoms with Crippen LogP contribution in [-0.2, 0) is 6.42 Å². The summed E-state index contributed by atoms with van der Waals surface area (Å²) >= 11 is 0. The van der Waals surface area contributed by atoms with Crippen molar-refractivity contribution in [2.45, 2.75) is 19.8 Å². The van der Waals surface area contributed by atoms with E-state index in [0.717, 1.165) is 19.5 Å². The molecule has 1 heterocycles. The number of nitrogens with one attached hydrogen (secondary N) is 1. The van der Waals surface area contributed by atoms with Crippen molar-refractivity contribution >= 4 is 0 Å². The average Bonchev–Trinajstić information content (AvgIpc) is 2.72. The molecule has 1 aliphatic heterocycles. The number of rotatable bonds is 2. The quantitative estimate of drug-likeness (QED) is 0.792. The van der Waals surface area contributed by atoms with Crippen LogP contribution >= 0.6 is 0 Å². The number of aryl methyl sites for hydroxylation is 1. The fourth-order valence-corrected chi connectivity index (χ4v) is 2.04. The Morgan fingerprint density at radius 2 is 2.13 bits per heavy atom. The summed E-state index contributed by atoms with van der Waals surface area (Å²) in [5.74, 6) is -0.915. The molecule has 3 heteroatoms. The lowest BCUT2D eigenvalue weighted by atomic mass is 9.97. The van der Waals surface area contributed by atoms with Crippen LogP contribution < -0.4 is 5.32 Å². The lowest BCUT2D eigenvalue weighted by Crippen LogP contribution is -2.12. The maximum absolute atomic E-state index is 13.5. The highest BCUT2D eigenvalue weighted by molar-refractivity contribution is 5.25. The topological polar surface area (TPSA) is 12.0 Å². The summed E-state index contributed by atoms with van der Waals surface area (Å²) in [4.78, 5) is 0. The van der Waals surface area contributed by atoms with Crippen molar-refractivity contribution in [3.63, 3.8) is 0 Å². The van der Waals surface area contributed by atoms with Gasteiger partial charge in [-0.2, -0.15) is 0 Å². The van der Waals surface area contributed by atoms with Crippen molar-refractivity contribution < 1.29 is 8.78 Å². The molecular weight excluding hydrogens is 196 g/mol. The van der Waals surface area contributed by atoms with E-state index in [2.05, 4.69) is 5.32 Å². The van der Waals surface area contributed by atoms with Gasteiger partial charge in [0.25, 0.3) is 0 Å². The van der Waals surface area contributed by atoms with Gasteiger partial charge in [-0.15, -0.1) is 0 Å². The van der Waals surface area contributed by atoms with Gasteiger partial charge in [-0.25, -0.2) is 8.78 Å². The highest BCUT2D eigenvalue weighted by atomic mass is 19.2. The van der Waals surface area contributed by atoms with Crippen molar-refractivity contribution in [2.24, 2.45) is 5.92 Å². The molecule has 1 atom stereocenters. The van der Waals surface area contributed by atoms with Crippen molar-refractivity contribution in [2.75, 3.05) is 13.1 Å². The molecule has 0 aliphatic carbocycles. The van der Waals surface area contributed by atoms with E-state index in [1.165, 1.54) is 0 Å². The molecule has 0 amide bonds. The number of hydrogen-bond donors (Lipinski definition) is 1. The molecule has 0 saturated carbocycles. The molecule has 0 aromatic heterocycles. The summed E-state index contributed by atoms with van der Waals surface area (Å²) < 4.78 is 26.8. The minimum atomic E-state index is -0.696. The van der Waals surface area contributed by atoms with Crippen LogP contribution in [0.4, 0.5) is 8.78 Å². The summed E-state index contributed by atoms with van der Waals surface area (Å²) in [6, 6.07) is 3.35. The molecule has 1 nitrogen and oxygen atoms in total. The Bertz CT molecular complexity index is 357. The van der Waals surface area contributed by atoms with Gasteiger partial charge >= 0.3 is 0 Å². The monoisotopic (exact) mass is 211 g/mol. The van der Waals surface area contributed by atoms with Gasteiger partial charge in [0.05, 0.1) is 0 Å². The molecule has 1 aliphatic rings. The first kappa shape index (κ1) is 10.6. The molecule has 0 bridgehead atoms. The Morgan fingerprint density at radius 1 is 1.33 bits per heavy atom. The first-order valence-corrected chi connectivity index (χ1v) is 5.32. The highest BCUT2D eigenvalue weighted by Crippen LogP contribution is 2.21. The predicted octanol–water partition coefficient (Wildman–Crippen LogP) is 2.43. The summed E-state index contributed by atoms with van der Waals surface area (Å²) in [6.07, 6.45) is 1.69. The summed E-state index contributed by atoms with van der Waals surface area (Å²) in [6.45, 7) is 3.48. The van der Waals surface area contributed by atoms with Crippen LogP contribution in [0.15, 0.2) is 12.1 Å². The minimum absolute atomic E-state index is 0.376. The fourth-order valence-electron chi connectivity index (χ4n) is 2.04. The van der Waals surface area contributed by atoms with Crippen LogP contribution in [0.2, 0.25) is 0 Å². The first-order valence-electron chi connectivity index (χ1n) is 5.32. The Morgan fingerprint density at radius 3 is 2.80 bits per heavy atom. The van der Waals surface area contributed by atoms with E-state index in [4.69, 9.17) is 0 Å². The standard InChI is InChI=1S/C12H15F2N/c1-8-2-3-10(12(14)11(8)13)6-9-4-5-15-7-9/h2-3,9,15H,4-7H2,1H3. The molecular formula is C12H15F2N. The second kappa shape index (κ2) is 4.27. The second-order valence-corrected chi connectivity index (χ2v) is 4.23. The van der Waals surface area contributed by atoms with Gasteiger partial charge in [-0.05, 0) is 49.9 Å². The van der Waals surface area contributed by atoms with E-state index in [9.17, 15) is 8.78 Å². The maximum Gasteiger partial charge on any atom is 0.162 e. The summed E-state index contributed by atoms with van der Waals surface area (Å²) in [5, 5.41) is 3.22. The SMILES string of the molecule is Cc1ccc(CC2CCNC2)c(F)c1F. The largest absolute Gasteiger partial charge is 0.316 e. The third kappa shape index (κ3) is 2.17. The van der Waals surface area contributed by atoms with Gasteiger partial charge in [0.15, 0.2) is 11.6 Å². The smallest absolute Gasteiger partial charge is 0.162 e. The Labute approximate surface area is 88.5 Å². The van der Waals surface area contributed by atoms with Crippen LogP contribution in [0.5, 0.6) is 0 Å².